The number of fused-ring (bicyclic) bond motifs is 2. The molecular formula is C21H23NO5. The summed E-state index contributed by atoms with van der Waals surface area (Å²) in [6.45, 7) is 6.64. The molecule has 4 rings (SSSR count). The van der Waals surface area contributed by atoms with Gasteiger partial charge in [-0.3, -0.25) is 4.79 Å². The number of hydrogen-bond acceptors (Lipinski definition) is 5. The zero-order chi connectivity index (χ0) is 19.0. The largest absolute Gasteiger partial charge is 0.490 e. The van der Waals surface area contributed by atoms with Crippen LogP contribution >= 0.6 is 0 Å². The maximum absolute atomic E-state index is 12.3. The van der Waals surface area contributed by atoms with Gasteiger partial charge in [-0.25, -0.2) is 0 Å². The van der Waals surface area contributed by atoms with E-state index in [0.29, 0.717) is 36.0 Å². The Kier molecular flexibility index (Phi) is 4.56. The van der Waals surface area contributed by atoms with Crippen LogP contribution in [-0.4, -0.2) is 25.4 Å². The zero-order valence-corrected chi connectivity index (χ0v) is 15.7. The Bertz CT molecular complexity index is 877. The Hall–Kier alpha value is -2.89. The Morgan fingerprint density at radius 1 is 1.15 bits per heavy atom. The van der Waals surface area contributed by atoms with Gasteiger partial charge in [0.2, 0.25) is 12.7 Å². The predicted octanol–water partition coefficient (Wildman–Crippen LogP) is 4.08. The van der Waals surface area contributed by atoms with Gasteiger partial charge in [0.1, 0.15) is 0 Å². The first-order valence-corrected chi connectivity index (χ1v) is 9.22. The molecule has 142 valence electrons. The molecule has 6 heteroatoms. The smallest absolute Gasteiger partial charge is 0.231 e. The van der Waals surface area contributed by atoms with E-state index in [2.05, 4.69) is 5.32 Å². The van der Waals surface area contributed by atoms with E-state index in [0.717, 1.165) is 16.8 Å². The predicted molar refractivity (Wildman–Crippen MR) is 101 cm³/mol. The minimum absolute atomic E-state index is 0.0215. The van der Waals surface area contributed by atoms with E-state index in [-0.39, 0.29) is 24.7 Å². The summed E-state index contributed by atoms with van der Waals surface area (Å²) in [5.41, 5.74) is 2.78. The molecule has 0 radical (unpaired) electrons. The summed E-state index contributed by atoms with van der Waals surface area (Å²) in [6.07, 6.45) is 0.416. The summed E-state index contributed by atoms with van der Waals surface area (Å²) in [4.78, 5) is 12.3. The number of nitrogens with one attached hydrogen (secondary N) is 1. The third-order valence-electron chi connectivity index (χ3n) is 4.62. The van der Waals surface area contributed by atoms with Gasteiger partial charge < -0.3 is 24.3 Å². The van der Waals surface area contributed by atoms with Crippen LogP contribution in [0.1, 0.15) is 44.2 Å². The zero-order valence-electron chi connectivity index (χ0n) is 15.7. The average Bonchev–Trinajstić information content (AvgIpc) is 3.08. The third-order valence-corrected chi connectivity index (χ3v) is 4.62. The molecule has 1 amide bonds. The molecule has 1 N–H and O–H groups in total. The van der Waals surface area contributed by atoms with E-state index < -0.39 is 0 Å². The molecular weight excluding hydrogens is 346 g/mol. The Balaban J connectivity index is 1.75. The standard InChI is InChI=1S/C21H23NO5/c1-4-24-18-7-13(5-6-17(18)27-12(2)3)14-9-21(23)22-16-10-20-19(8-15(14)16)25-11-26-20/h5-8,10,12,14H,4,9,11H2,1-3H3,(H,22,23). The first-order chi connectivity index (χ1) is 13.0. The highest BCUT2D eigenvalue weighted by molar-refractivity contribution is 5.96. The lowest BCUT2D eigenvalue weighted by Gasteiger charge is -2.27. The monoisotopic (exact) mass is 369 g/mol. The number of hydrogen-bond donors (Lipinski definition) is 1. The molecule has 1 unspecified atom stereocenters. The second-order valence-corrected chi connectivity index (χ2v) is 6.90. The van der Waals surface area contributed by atoms with Crippen molar-refractivity contribution in [2.75, 3.05) is 18.7 Å². The van der Waals surface area contributed by atoms with Gasteiger partial charge in [-0.2, -0.15) is 0 Å². The van der Waals surface area contributed by atoms with Gasteiger partial charge in [0.15, 0.2) is 23.0 Å². The van der Waals surface area contributed by atoms with Crippen LogP contribution in [-0.2, 0) is 4.79 Å². The minimum atomic E-state index is -0.0874. The van der Waals surface area contributed by atoms with Crippen molar-refractivity contribution in [1.29, 1.82) is 0 Å². The highest BCUT2D eigenvalue weighted by Gasteiger charge is 2.30. The fraction of sp³-hybridized carbons (Fsp3) is 0.381. The van der Waals surface area contributed by atoms with Gasteiger partial charge in [0.25, 0.3) is 0 Å². The normalized spacial score (nSPS) is 17.5. The molecule has 2 heterocycles. The second-order valence-electron chi connectivity index (χ2n) is 6.90. The molecule has 6 nitrogen and oxygen atoms in total. The number of ether oxygens (including phenoxy) is 4. The average molecular weight is 369 g/mol. The summed E-state index contributed by atoms with van der Waals surface area (Å²) >= 11 is 0. The lowest BCUT2D eigenvalue weighted by atomic mass is 9.84. The number of benzene rings is 2. The van der Waals surface area contributed by atoms with Crippen molar-refractivity contribution in [2.24, 2.45) is 0 Å². The fourth-order valence-electron chi connectivity index (χ4n) is 3.51. The van der Waals surface area contributed by atoms with Crippen LogP contribution in [0.3, 0.4) is 0 Å². The van der Waals surface area contributed by atoms with E-state index in [9.17, 15) is 4.79 Å². The van der Waals surface area contributed by atoms with Crippen LogP contribution in [0.4, 0.5) is 5.69 Å². The molecule has 27 heavy (non-hydrogen) atoms. The summed E-state index contributed by atoms with van der Waals surface area (Å²) in [7, 11) is 0. The molecule has 2 aromatic rings. The second kappa shape index (κ2) is 7.02. The lowest BCUT2D eigenvalue weighted by Crippen LogP contribution is -2.23. The molecule has 0 saturated heterocycles. The number of carbonyl (C=O) groups is 1. The number of rotatable bonds is 5. The molecule has 0 aliphatic carbocycles. The molecule has 0 aromatic heterocycles. The molecule has 2 aromatic carbocycles. The number of carbonyl (C=O) groups excluding carboxylic acids is 1. The third kappa shape index (κ3) is 3.39. The van der Waals surface area contributed by atoms with Gasteiger partial charge in [-0.1, -0.05) is 6.07 Å². The van der Waals surface area contributed by atoms with E-state index in [1.165, 1.54) is 0 Å². The van der Waals surface area contributed by atoms with Gasteiger partial charge in [-0.05, 0) is 50.1 Å². The fourth-order valence-corrected chi connectivity index (χ4v) is 3.51. The van der Waals surface area contributed by atoms with Crippen molar-refractivity contribution in [2.45, 2.75) is 39.2 Å². The van der Waals surface area contributed by atoms with Crippen LogP contribution in [0.25, 0.3) is 0 Å². The maximum Gasteiger partial charge on any atom is 0.231 e. The van der Waals surface area contributed by atoms with Gasteiger partial charge >= 0.3 is 0 Å². The SMILES string of the molecule is CCOc1cc(C2CC(=O)Nc3cc4c(cc32)OCO4)ccc1OC(C)C. The summed E-state index contributed by atoms with van der Waals surface area (Å²) in [5, 5.41) is 2.94. The van der Waals surface area contributed by atoms with Crippen molar-refractivity contribution in [3.8, 4) is 23.0 Å². The van der Waals surface area contributed by atoms with Gasteiger partial charge in [0.05, 0.1) is 12.7 Å². The topological polar surface area (TPSA) is 66.0 Å². The van der Waals surface area contributed by atoms with E-state index in [1.54, 1.807) is 0 Å². The van der Waals surface area contributed by atoms with E-state index >= 15 is 0 Å². The molecule has 0 saturated carbocycles. The quantitative estimate of drug-likeness (QED) is 0.860. The summed E-state index contributed by atoms with van der Waals surface area (Å²) in [5.74, 6) is 2.66. The maximum atomic E-state index is 12.3. The molecule has 2 aliphatic rings. The number of anilines is 1. The van der Waals surface area contributed by atoms with Crippen LogP contribution in [0.15, 0.2) is 30.3 Å². The van der Waals surface area contributed by atoms with E-state index in [1.807, 2.05) is 51.1 Å². The van der Waals surface area contributed by atoms with Gasteiger partial charge in [0, 0.05) is 24.1 Å². The van der Waals surface area contributed by atoms with Crippen molar-refractivity contribution >= 4 is 11.6 Å². The van der Waals surface area contributed by atoms with E-state index in [4.69, 9.17) is 18.9 Å². The molecule has 0 fully saturated rings. The van der Waals surface area contributed by atoms with Crippen LogP contribution < -0.4 is 24.3 Å². The Morgan fingerprint density at radius 2 is 1.93 bits per heavy atom. The first-order valence-electron chi connectivity index (χ1n) is 9.22. The van der Waals surface area contributed by atoms with Crippen molar-refractivity contribution < 1.29 is 23.7 Å². The van der Waals surface area contributed by atoms with Crippen molar-refractivity contribution in [3.63, 3.8) is 0 Å². The highest BCUT2D eigenvalue weighted by atomic mass is 16.7. The highest BCUT2D eigenvalue weighted by Crippen LogP contribution is 2.45. The first kappa shape index (κ1) is 17.5. The van der Waals surface area contributed by atoms with Crippen molar-refractivity contribution in [1.82, 2.24) is 0 Å². The molecule has 0 spiro atoms. The number of amides is 1. The van der Waals surface area contributed by atoms with Gasteiger partial charge in [-0.15, -0.1) is 0 Å². The Labute approximate surface area is 158 Å². The Morgan fingerprint density at radius 3 is 2.67 bits per heavy atom. The molecule has 2 aliphatic heterocycles. The van der Waals surface area contributed by atoms with Crippen LogP contribution in [0, 0.1) is 0 Å². The van der Waals surface area contributed by atoms with Crippen LogP contribution in [0.2, 0.25) is 0 Å². The van der Waals surface area contributed by atoms with Crippen molar-refractivity contribution in [3.05, 3.63) is 41.5 Å². The lowest BCUT2D eigenvalue weighted by molar-refractivity contribution is -0.116. The summed E-state index contributed by atoms with van der Waals surface area (Å²) < 4.78 is 22.6. The molecule has 1 atom stereocenters. The summed E-state index contributed by atoms with van der Waals surface area (Å²) in [6, 6.07) is 9.68. The van der Waals surface area contributed by atoms with Crippen LogP contribution in [0.5, 0.6) is 23.0 Å². The molecule has 0 bridgehead atoms. The minimum Gasteiger partial charge on any atom is -0.490 e.